The molecule has 3 fully saturated rings. The average Bonchev–Trinajstić information content (AvgIpc) is 3.61. The first kappa shape index (κ1) is 23.2. The van der Waals surface area contributed by atoms with Gasteiger partial charge in [0.25, 0.3) is 0 Å². The maximum absolute atomic E-state index is 12.7. The molecule has 10 heteroatoms. The number of hydrogen-bond acceptors (Lipinski definition) is 7. The van der Waals surface area contributed by atoms with Crippen molar-refractivity contribution in [3.8, 4) is 0 Å². The van der Waals surface area contributed by atoms with E-state index in [0.717, 1.165) is 74.5 Å². The van der Waals surface area contributed by atoms with Gasteiger partial charge in [0.1, 0.15) is 0 Å². The first-order valence-electron chi connectivity index (χ1n) is 12.3. The van der Waals surface area contributed by atoms with Crippen molar-refractivity contribution in [3.05, 3.63) is 24.3 Å². The number of nitrogens with zero attached hydrogens (tertiary/aromatic N) is 5. The molecule has 5 rings (SSSR count). The van der Waals surface area contributed by atoms with Crippen molar-refractivity contribution < 1.29 is 14.3 Å². The van der Waals surface area contributed by atoms with Crippen LogP contribution in [0.25, 0.3) is 0 Å². The zero-order valence-electron chi connectivity index (χ0n) is 19.4. The van der Waals surface area contributed by atoms with Gasteiger partial charge in [-0.3, -0.25) is 14.2 Å². The molecule has 182 valence electrons. The van der Waals surface area contributed by atoms with Crippen LogP contribution in [0.2, 0.25) is 0 Å². The Labute approximate surface area is 204 Å². The highest BCUT2D eigenvalue weighted by atomic mass is 32.2. The lowest BCUT2D eigenvalue weighted by atomic mass is 10.1. The average molecular weight is 485 g/mol. The van der Waals surface area contributed by atoms with Crippen LogP contribution in [-0.2, 0) is 20.9 Å². The van der Waals surface area contributed by atoms with Gasteiger partial charge in [-0.2, -0.15) is 0 Å². The predicted molar refractivity (Wildman–Crippen MR) is 132 cm³/mol. The van der Waals surface area contributed by atoms with Crippen molar-refractivity contribution in [2.75, 3.05) is 47.1 Å². The van der Waals surface area contributed by atoms with Crippen LogP contribution in [0.1, 0.15) is 44.9 Å². The molecule has 1 N–H and O–H groups in total. The van der Waals surface area contributed by atoms with Crippen LogP contribution >= 0.6 is 11.8 Å². The number of rotatable bonds is 8. The van der Waals surface area contributed by atoms with Crippen LogP contribution in [0.15, 0.2) is 29.4 Å². The molecule has 0 bridgehead atoms. The molecule has 3 aliphatic heterocycles. The van der Waals surface area contributed by atoms with Crippen LogP contribution in [0.4, 0.5) is 17.3 Å². The van der Waals surface area contributed by atoms with Crippen molar-refractivity contribution in [1.29, 1.82) is 0 Å². The summed E-state index contributed by atoms with van der Waals surface area (Å²) in [6.07, 6.45) is 7.40. The number of thioether (sulfide) groups is 1. The first-order valence-corrected chi connectivity index (χ1v) is 13.3. The molecule has 1 atom stereocenters. The van der Waals surface area contributed by atoms with E-state index in [0.29, 0.717) is 6.42 Å². The summed E-state index contributed by atoms with van der Waals surface area (Å²) in [5.74, 6) is 1.20. The van der Waals surface area contributed by atoms with Gasteiger partial charge in [-0.25, -0.2) is 0 Å². The molecule has 1 unspecified atom stereocenters. The minimum atomic E-state index is -0.0961. The van der Waals surface area contributed by atoms with E-state index in [1.165, 1.54) is 31.0 Å². The molecule has 0 aliphatic carbocycles. The Morgan fingerprint density at radius 3 is 2.59 bits per heavy atom. The topological polar surface area (TPSA) is 92.6 Å². The normalized spacial score (nSPS) is 20.8. The third kappa shape index (κ3) is 5.38. The summed E-state index contributed by atoms with van der Waals surface area (Å²) in [4.78, 5) is 28.7. The van der Waals surface area contributed by atoms with E-state index >= 15 is 0 Å². The zero-order valence-corrected chi connectivity index (χ0v) is 20.3. The minimum Gasteiger partial charge on any atom is -0.376 e. The first-order chi connectivity index (χ1) is 16.7. The Kier molecular flexibility index (Phi) is 7.34. The quantitative estimate of drug-likeness (QED) is 0.575. The van der Waals surface area contributed by atoms with Crippen LogP contribution in [-0.4, -0.2) is 64.7 Å². The van der Waals surface area contributed by atoms with Gasteiger partial charge in [0.15, 0.2) is 5.16 Å². The monoisotopic (exact) mass is 484 g/mol. The molecule has 3 aliphatic rings. The smallest absolute Gasteiger partial charge is 0.234 e. The molecular formula is C24H32N6O3S. The molecule has 0 spiro atoms. The number of piperidine rings is 1. The summed E-state index contributed by atoms with van der Waals surface area (Å²) < 4.78 is 8.01. The zero-order chi connectivity index (χ0) is 23.3. The Balaban J connectivity index is 1.21. The Bertz CT molecular complexity index is 999. The maximum Gasteiger partial charge on any atom is 0.234 e. The highest BCUT2D eigenvalue weighted by Crippen LogP contribution is 2.27. The number of hydrogen-bond donors (Lipinski definition) is 1. The molecule has 9 nitrogen and oxygen atoms in total. The van der Waals surface area contributed by atoms with Crippen molar-refractivity contribution in [1.82, 2.24) is 14.8 Å². The van der Waals surface area contributed by atoms with Crippen LogP contribution in [0, 0.1) is 0 Å². The number of anilines is 3. The van der Waals surface area contributed by atoms with E-state index in [1.807, 2.05) is 24.3 Å². The number of benzene rings is 1. The lowest BCUT2D eigenvalue weighted by molar-refractivity contribution is -0.117. The van der Waals surface area contributed by atoms with Crippen LogP contribution in [0.3, 0.4) is 0 Å². The van der Waals surface area contributed by atoms with Gasteiger partial charge in [-0.15, -0.1) is 10.2 Å². The van der Waals surface area contributed by atoms with Crippen molar-refractivity contribution in [2.45, 2.75) is 62.8 Å². The molecule has 2 aromatic rings. The van der Waals surface area contributed by atoms with Crippen LogP contribution in [0.5, 0.6) is 0 Å². The van der Waals surface area contributed by atoms with Gasteiger partial charge < -0.3 is 19.9 Å². The van der Waals surface area contributed by atoms with Crippen molar-refractivity contribution in [3.63, 3.8) is 0 Å². The highest BCUT2D eigenvalue weighted by molar-refractivity contribution is 7.99. The minimum absolute atomic E-state index is 0.0961. The number of aromatic nitrogens is 3. The van der Waals surface area contributed by atoms with Gasteiger partial charge in [0.2, 0.25) is 17.8 Å². The molecule has 4 heterocycles. The summed E-state index contributed by atoms with van der Waals surface area (Å²) >= 11 is 1.41. The van der Waals surface area contributed by atoms with Gasteiger partial charge in [0.05, 0.1) is 18.4 Å². The van der Waals surface area contributed by atoms with E-state index < -0.39 is 0 Å². The number of carbonyl (C=O) groups is 2. The summed E-state index contributed by atoms with van der Waals surface area (Å²) in [6.45, 7) is 4.27. The molecule has 0 saturated carbocycles. The molecule has 1 aromatic carbocycles. The maximum atomic E-state index is 12.7. The van der Waals surface area contributed by atoms with E-state index in [9.17, 15) is 9.59 Å². The van der Waals surface area contributed by atoms with E-state index in [-0.39, 0.29) is 23.7 Å². The lowest BCUT2D eigenvalue weighted by Gasteiger charge is -2.28. The van der Waals surface area contributed by atoms with E-state index in [2.05, 4.69) is 25.0 Å². The Morgan fingerprint density at radius 1 is 1.06 bits per heavy atom. The summed E-state index contributed by atoms with van der Waals surface area (Å²) in [6, 6.07) is 7.46. The lowest BCUT2D eigenvalue weighted by Crippen LogP contribution is -2.33. The molecular weight excluding hydrogens is 452 g/mol. The van der Waals surface area contributed by atoms with Crippen molar-refractivity contribution >= 4 is 40.9 Å². The second kappa shape index (κ2) is 10.8. The summed E-state index contributed by atoms with van der Waals surface area (Å²) in [7, 11) is 0. The van der Waals surface area contributed by atoms with Crippen molar-refractivity contribution in [2.24, 2.45) is 0 Å². The summed E-state index contributed by atoms with van der Waals surface area (Å²) in [5, 5.41) is 12.6. The van der Waals surface area contributed by atoms with Gasteiger partial charge >= 0.3 is 0 Å². The predicted octanol–water partition coefficient (Wildman–Crippen LogP) is 3.31. The largest absolute Gasteiger partial charge is 0.376 e. The highest BCUT2D eigenvalue weighted by Gasteiger charge is 2.25. The molecule has 0 radical (unpaired) electrons. The fourth-order valence-corrected chi connectivity index (χ4v) is 5.58. The van der Waals surface area contributed by atoms with E-state index in [4.69, 9.17) is 4.74 Å². The second-order valence-corrected chi connectivity index (χ2v) is 10.1. The number of ether oxygens (including phenoxy) is 1. The van der Waals surface area contributed by atoms with Crippen LogP contribution < -0.4 is 15.1 Å². The standard InChI is InChI=1S/C24H32N6O3S/c31-21(25-18-8-10-19(11-9-18)29-14-4-7-22(29)32)17-34-24-27-26-23(28-12-2-1-3-13-28)30(24)16-20-6-5-15-33-20/h8-11,20H,1-7,12-17H2,(H,25,31). The fourth-order valence-electron chi connectivity index (χ4n) is 4.84. The Hall–Kier alpha value is -2.59. The van der Waals surface area contributed by atoms with Gasteiger partial charge in [-0.05, 0) is 62.8 Å². The SMILES string of the molecule is O=C(CSc1nnc(N2CCCCC2)n1CC1CCCO1)Nc1ccc(N2CCCC2=O)cc1. The molecule has 1 aromatic heterocycles. The third-order valence-electron chi connectivity index (χ3n) is 6.61. The second-order valence-electron chi connectivity index (χ2n) is 9.11. The molecule has 2 amide bonds. The number of nitrogens with one attached hydrogen (secondary N) is 1. The third-order valence-corrected chi connectivity index (χ3v) is 7.58. The molecule has 34 heavy (non-hydrogen) atoms. The Morgan fingerprint density at radius 2 is 1.88 bits per heavy atom. The number of carbonyl (C=O) groups excluding carboxylic acids is 2. The summed E-state index contributed by atoms with van der Waals surface area (Å²) in [5.41, 5.74) is 1.60. The fraction of sp³-hybridized carbons (Fsp3) is 0.583. The van der Waals surface area contributed by atoms with Gasteiger partial charge in [-0.1, -0.05) is 11.8 Å². The van der Waals surface area contributed by atoms with E-state index in [1.54, 1.807) is 4.90 Å². The van der Waals surface area contributed by atoms with Gasteiger partial charge in [0, 0.05) is 44.0 Å². The number of amides is 2. The molecule has 3 saturated heterocycles.